The molecule has 0 fully saturated rings. The molecule has 18 heavy (non-hydrogen) atoms. The van der Waals surface area contributed by atoms with Crippen molar-refractivity contribution in [3.63, 3.8) is 0 Å². The number of halogens is 1. The topological polar surface area (TPSA) is 56.7 Å². The minimum Gasteiger partial charge on any atom is -0.319 e. The predicted octanol–water partition coefficient (Wildman–Crippen LogP) is 2.81. The largest absolute Gasteiger partial charge is 0.319 e. The van der Waals surface area contributed by atoms with Gasteiger partial charge in [-0.3, -0.25) is 0 Å². The van der Waals surface area contributed by atoms with Gasteiger partial charge in [0, 0.05) is 11.0 Å². The van der Waals surface area contributed by atoms with Crippen molar-refractivity contribution in [1.82, 2.24) is 15.0 Å². The Bertz CT molecular complexity index is 536. The average molecular weight is 309 g/mol. The third kappa shape index (κ3) is 2.62. The molecule has 96 valence electrons. The van der Waals surface area contributed by atoms with Crippen LogP contribution in [0.2, 0.25) is 0 Å². The van der Waals surface area contributed by atoms with Gasteiger partial charge in [0.15, 0.2) is 0 Å². The highest BCUT2D eigenvalue weighted by Crippen LogP contribution is 2.27. The maximum atomic E-state index is 6.31. The number of nitrogens with two attached hydrogens (primary N) is 1. The maximum Gasteiger partial charge on any atom is 0.0800 e. The molecule has 0 aliphatic heterocycles. The van der Waals surface area contributed by atoms with Crippen LogP contribution in [0, 0.1) is 6.92 Å². The van der Waals surface area contributed by atoms with E-state index in [0.717, 1.165) is 28.7 Å². The molecule has 0 amide bonds. The molecule has 0 aliphatic carbocycles. The fourth-order valence-corrected chi connectivity index (χ4v) is 2.68. The van der Waals surface area contributed by atoms with E-state index in [-0.39, 0.29) is 6.04 Å². The summed E-state index contributed by atoms with van der Waals surface area (Å²) in [4.78, 5) is 0. The van der Waals surface area contributed by atoms with Crippen molar-refractivity contribution < 1.29 is 0 Å². The van der Waals surface area contributed by atoms with E-state index in [2.05, 4.69) is 52.2 Å². The predicted molar refractivity (Wildman–Crippen MR) is 75.2 cm³/mol. The summed E-state index contributed by atoms with van der Waals surface area (Å²) >= 11 is 3.57. The van der Waals surface area contributed by atoms with Gasteiger partial charge in [-0.1, -0.05) is 40.2 Å². The van der Waals surface area contributed by atoms with Gasteiger partial charge in [0.1, 0.15) is 0 Å². The van der Waals surface area contributed by atoms with E-state index in [0.29, 0.717) is 0 Å². The van der Waals surface area contributed by atoms with Crippen molar-refractivity contribution in [1.29, 1.82) is 0 Å². The second-order valence-electron chi connectivity index (χ2n) is 4.38. The molecular weight excluding hydrogens is 292 g/mol. The molecule has 0 bridgehead atoms. The van der Waals surface area contributed by atoms with Crippen LogP contribution < -0.4 is 5.73 Å². The van der Waals surface area contributed by atoms with Gasteiger partial charge in [-0.2, -0.15) is 0 Å². The summed E-state index contributed by atoms with van der Waals surface area (Å²) < 4.78 is 2.90. The van der Waals surface area contributed by atoms with E-state index in [4.69, 9.17) is 5.73 Å². The average Bonchev–Trinajstić information content (AvgIpc) is 2.77. The molecule has 0 aliphatic rings. The Morgan fingerprint density at radius 2 is 2.22 bits per heavy atom. The van der Waals surface area contributed by atoms with E-state index in [1.807, 2.05) is 10.7 Å². The highest BCUT2D eigenvalue weighted by molar-refractivity contribution is 9.10. The standard InChI is InChI=1S/C13H17BrN4/c1-3-6-18-12(8-16-17-18)13(15)10-5-4-9(2)7-11(10)14/h4-5,7-8,13H,3,6,15H2,1-2H3. The van der Waals surface area contributed by atoms with Gasteiger partial charge in [0.2, 0.25) is 0 Å². The summed E-state index contributed by atoms with van der Waals surface area (Å²) in [7, 11) is 0. The molecule has 2 rings (SSSR count). The molecule has 1 heterocycles. The van der Waals surface area contributed by atoms with Gasteiger partial charge in [-0.25, -0.2) is 4.68 Å². The molecular formula is C13H17BrN4. The van der Waals surface area contributed by atoms with Crippen molar-refractivity contribution in [2.45, 2.75) is 32.9 Å². The highest BCUT2D eigenvalue weighted by atomic mass is 79.9. The zero-order chi connectivity index (χ0) is 13.1. The zero-order valence-electron chi connectivity index (χ0n) is 10.6. The first kappa shape index (κ1) is 13.2. The Morgan fingerprint density at radius 1 is 1.44 bits per heavy atom. The second-order valence-corrected chi connectivity index (χ2v) is 5.24. The lowest BCUT2D eigenvalue weighted by Gasteiger charge is -2.15. The Labute approximate surface area is 115 Å². The molecule has 1 atom stereocenters. The molecule has 1 aromatic carbocycles. The molecule has 0 radical (unpaired) electrons. The second kappa shape index (κ2) is 5.63. The number of hydrogen-bond donors (Lipinski definition) is 1. The molecule has 5 heteroatoms. The van der Waals surface area contributed by atoms with Gasteiger partial charge in [-0.15, -0.1) is 5.10 Å². The van der Waals surface area contributed by atoms with E-state index in [1.54, 1.807) is 6.20 Å². The van der Waals surface area contributed by atoms with Gasteiger partial charge in [0.05, 0.1) is 17.9 Å². The minimum atomic E-state index is -0.207. The third-order valence-electron chi connectivity index (χ3n) is 2.89. The van der Waals surface area contributed by atoms with Crippen molar-refractivity contribution in [3.05, 3.63) is 45.7 Å². The summed E-state index contributed by atoms with van der Waals surface area (Å²) in [5.74, 6) is 0. The highest BCUT2D eigenvalue weighted by Gasteiger charge is 2.17. The lowest BCUT2D eigenvalue weighted by Crippen LogP contribution is -2.18. The van der Waals surface area contributed by atoms with Crippen LogP contribution in [0.3, 0.4) is 0 Å². The van der Waals surface area contributed by atoms with E-state index in [9.17, 15) is 0 Å². The zero-order valence-corrected chi connectivity index (χ0v) is 12.2. The first-order valence-electron chi connectivity index (χ1n) is 6.03. The van der Waals surface area contributed by atoms with Gasteiger partial charge < -0.3 is 5.73 Å². The number of hydrogen-bond acceptors (Lipinski definition) is 3. The summed E-state index contributed by atoms with van der Waals surface area (Å²) in [6.45, 7) is 5.01. The monoisotopic (exact) mass is 308 g/mol. The molecule has 1 unspecified atom stereocenters. The molecule has 0 saturated heterocycles. The van der Waals surface area contributed by atoms with Crippen LogP contribution in [0.15, 0.2) is 28.9 Å². The fraction of sp³-hybridized carbons (Fsp3) is 0.385. The lowest BCUT2D eigenvalue weighted by atomic mass is 10.0. The molecule has 2 aromatic rings. The summed E-state index contributed by atoms with van der Waals surface area (Å²) in [5.41, 5.74) is 9.52. The molecule has 4 nitrogen and oxygen atoms in total. The quantitative estimate of drug-likeness (QED) is 0.945. The number of benzene rings is 1. The third-order valence-corrected chi connectivity index (χ3v) is 3.58. The van der Waals surface area contributed by atoms with E-state index < -0.39 is 0 Å². The Kier molecular flexibility index (Phi) is 4.14. The van der Waals surface area contributed by atoms with Crippen LogP contribution in [0.4, 0.5) is 0 Å². The van der Waals surface area contributed by atoms with Gasteiger partial charge in [-0.05, 0) is 30.5 Å². The Hall–Kier alpha value is -1.20. The van der Waals surface area contributed by atoms with Gasteiger partial charge in [0.25, 0.3) is 0 Å². The van der Waals surface area contributed by atoms with Crippen LogP contribution in [0.5, 0.6) is 0 Å². The van der Waals surface area contributed by atoms with Crippen LogP contribution in [0.1, 0.15) is 36.2 Å². The number of aryl methyl sites for hydroxylation is 2. The Morgan fingerprint density at radius 3 is 2.89 bits per heavy atom. The van der Waals surface area contributed by atoms with E-state index in [1.165, 1.54) is 5.56 Å². The van der Waals surface area contributed by atoms with Crippen LogP contribution in [-0.4, -0.2) is 15.0 Å². The van der Waals surface area contributed by atoms with E-state index >= 15 is 0 Å². The van der Waals surface area contributed by atoms with Crippen LogP contribution in [0.25, 0.3) is 0 Å². The van der Waals surface area contributed by atoms with Crippen LogP contribution in [-0.2, 0) is 6.54 Å². The molecule has 0 saturated carbocycles. The van der Waals surface area contributed by atoms with Crippen molar-refractivity contribution >= 4 is 15.9 Å². The molecule has 0 spiro atoms. The smallest absolute Gasteiger partial charge is 0.0800 e. The summed E-state index contributed by atoms with van der Waals surface area (Å²) in [6.07, 6.45) is 2.75. The minimum absolute atomic E-state index is 0.207. The van der Waals surface area contributed by atoms with Crippen LogP contribution >= 0.6 is 15.9 Å². The first-order valence-corrected chi connectivity index (χ1v) is 6.82. The van der Waals surface area contributed by atoms with Crippen molar-refractivity contribution in [3.8, 4) is 0 Å². The maximum absolute atomic E-state index is 6.31. The Balaban J connectivity index is 2.35. The van der Waals surface area contributed by atoms with Gasteiger partial charge >= 0.3 is 0 Å². The summed E-state index contributed by atoms with van der Waals surface area (Å²) in [6, 6.07) is 5.98. The fourth-order valence-electron chi connectivity index (χ4n) is 1.94. The first-order chi connectivity index (χ1) is 8.63. The summed E-state index contributed by atoms with van der Waals surface area (Å²) in [5, 5.41) is 8.02. The number of rotatable bonds is 4. The normalized spacial score (nSPS) is 12.7. The molecule has 2 N–H and O–H groups in total. The number of aromatic nitrogens is 3. The molecule has 1 aromatic heterocycles. The number of nitrogens with zero attached hydrogens (tertiary/aromatic N) is 3. The lowest BCUT2D eigenvalue weighted by molar-refractivity contribution is 0.543. The van der Waals surface area contributed by atoms with Crippen molar-refractivity contribution in [2.75, 3.05) is 0 Å². The SMILES string of the molecule is CCCn1nncc1C(N)c1ccc(C)cc1Br. The van der Waals surface area contributed by atoms with Crippen molar-refractivity contribution in [2.24, 2.45) is 5.73 Å².